The largest absolute Gasteiger partial charge is 0.497 e. The summed E-state index contributed by atoms with van der Waals surface area (Å²) in [4.78, 5) is 32.0. The van der Waals surface area contributed by atoms with Crippen LogP contribution in [0.2, 0.25) is 0 Å². The molecule has 1 aromatic rings. The number of rotatable bonds is 12. The van der Waals surface area contributed by atoms with Crippen molar-refractivity contribution in [3.8, 4) is 5.75 Å². The number of non-ortho nitro benzene ring substituents is 1. The SMILES string of the molecule is NOCCOCCOCCNO.O=[N+]([O-])c1cc([N+](=O)[O-])c(O)c([N+](=O)[O-])c1. The minimum Gasteiger partial charge on any atom is -0.497 e. The van der Waals surface area contributed by atoms with Gasteiger partial charge in [0.2, 0.25) is 0 Å². The Balaban J connectivity index is 0.000000546. The highest BCUT2D eigenvalue weighted by atomic mass is 16.6. The van der Waals surface area contributed by atoms with Crippen LogP contribution >= 0.6 is 0 Å². The van der Waals surface area contributed by atoms with E-state index >= 15 is 0 Å². The third kappa shape index (κ3) is 9.62. The molecular weight excluding hydrogens is 390 g/mol. The zero-order valence-electron chi connectivity index (χ0n) is 14.4. The molecule has 16 heteroatoms. The Bertz CT molecular complexity index is 612. The summed E-state index contributed by atoms with van der Waals surface area (Å²) < 4.78 is 10.1. The van der Waals surface area contributed by atoms with Crippen molar-refractivity contribution in [1.29, 1.82) is 0 Å². The molecule has 0 saturated carbocycles. The third-order valence-electron chi connectivity index (χ3n) is 2.73. The molecule has 0 unspecified atom stereocenters. The zero-order valence-corrected chi connectivity index (χ0v) is 14.4. The van der Waals surface area contributed by atoms with E-state index in [1.807, 2.05) is 5.48 Å². The molecule has 0 radical (unpaired) electrons. The molecule has 0 atom stereocenters. The van der Waals surface area contributed by atoms with Gasteiger partial charge in [-0.25, -0.2) is 11.4 Å². The van der Waals surface area contributed by atoms with Crippen LogP contribution in [0.5, 0.6) is 5.75 Å². The second kappa shape index (κ2) is 14.1. The second-order valence-electron chi connectivity index (χ2n) is 4.61. The van der Waals surface area contributed by atoms with E-state index in [-0.39, 0.29) is 0 Å². The fourth-order valence-electron chi connectivity index (χ4n) is 1.52. The summed E-state index contributed by atoms with van der Waals surface area (Å²) >= 11 is 0. The lowest BCUT2D eigenvalue weighted by atomic mass is 10.2. The van der Waals surface area contributed by atoms with Crippen molar-refractivity contribution in [2.45, 2.75) is 0 Å². The standard InChI is InChI=1S/C6H3N3O7.C6H16N2O4/c10-6-4(8(13)14)1-3(7(11)12)2-5(6)9(15)16;7-12-6-5-11-4-3-10-2-1-8-9/h1-2,10H;8-9H,1-7H2. The van der Waals surface area contributed by atoms with E-state index in [9.17, 15) is 30.3 Å². The highest BCUT2D eigenvalue weighted by Crippen LogP contribution is 2.38. The molecule has 16 nitrogen and oxygen atoms in total. The zero-order chi connectivity index (χ0) is 21.5. The number of aromatic hydroxyl groups is 1. The summed E-state index contributed by atoms with van der Waals surface area (Å²) in [5.41, 5.74) is -1.03. The number of nitro groups is 3. The molecule has 5 N–H and O–H groups in total. The molecule has 28 heavy (non-hydrogen) atoms. The smallest absolute Gasteiger partial charge is 0.324 e. The molecular formula is C12H19N5O11. The average molecular weight is 409 g/mol. The van der Waals surface area contributed by atoms with Gasteiger partial charge < -0.3 is 24.6 Å². The van der Waals surface area contributed by atoms with E-state index < -0.39 is 37.6 Å². The lowest BCUT2D eigenvalue weighted by Crippen LogP contribution is -2.17. The van der Waals surface area contributed by atoms with Crippen molar-refractivity contribution in [1.82, 2.24) is 5.48 Å². The van der Waals surface area contributed by atoms with Crippen molar-refractivity contribution in [3.63, 3.8) is 0 Å². The van der Waals surface area contributed by atoms with Crippen LogP contribution in [0.15, 0.2) is 12.1 Å². The third-order valence-corrected chi connectivity index (χ3v) is 2.73. The molecule has 0 fully saturated rings. The van der Waals surface area contributed by atoms with Gasteiger partial charge in [0, 0.05) is 6.54 Å². The predicted molar refractivity (Wildman–Crippen MR) is 89.6 cm³/mol. The first-order valence-corrected chi connectivity index (χ1v) is 7.40. The van der Waals surface area contributed by atoms with Crippen LogP contribution in [0.4, 0.5) is 17.1 Å². The summed E-state index contributed by atoms with van der Waals surface area (Å²) in [6.07, 6.45) is 0. The topological polar surface area (TPSA) is 236 Å². The summed E-state index contributed by atoms with van der Waals surface area (Å²) in [6, 6.07) is 0.894. The predicted octanol–water partition coefficient (Wildman–Crippen LogP) is 0.00550. The van der Waals surface area contributed by atoms with Crippen LogP contribution in [0.3, 0.4) is 0 Å². The lowest BCUT2D eigenvalue weighted by molar-refractivity contribution is -0.404. The average Bonchev–Trinajstić information content (AvgIpc) is 2.64. The number of benzene rings is 1. The van der Waals surface area contributed by atoms with Crippen LogP contribution in [-0.2, 0) is 14.3 Å². The molecule has 0 aromatic heterocycles. The summed E-state index contributed by atoms with van der Waals surface area (Å²) in [6.45, 7) is 2.76. The number of nitrogens with zero attached hydrogens (tertiary/aromatic N) is 3. The van der Waals surface area contributed by atoms with E-state index in [4.69, 9.17) is 25.7 Å². The van der Waals surface area contributed by atoms with Gasteiger partial charge >= 0.3 is 11.4 Å². The number of hydrogen-bond donors (Lipinski definition) is 4. The van der Waals surface area contributed by atoms with Crippen LogP contribution in [-0.4, -0.2) is 64.7 Å². The molecule has 0 bridgehead atoms. The molecule has 0 aliphatic rings. The van der Waals surface area contributed by atoms with E-state index in [0.717, 1.165) is 0 Å². The molecule has 1 aromatic carbocycles. The minimum atomic E-state index is -1.21. The van der Waals surface area contributed by atoms with Crippen LogP contribution < -0.4 is 11.4 Å². The fraction of sp³-hybridized carbons (Fsp3) is 0.500. The van der Waals surface area contributed by atoms with E-state index in [1.54, 1.807) is 0 Å². The monoisotopic (exact) mass is 409 g/mol. The Labute approximate surface area is 156 Å². The normalized spacial score (nSPS) is 10.1. The number of nitrogens with one attached hydrogen (secondary N) is 1. The van der Waals surface area contributed by atoms with Gasteiger partial charge in [0.25, 0.3) is 11.4 Å². The van der Waals surface area contributed by atoms with E-state index in [0.29, 0.717) is 51.7 Å². The summed E-state index contributed by atoms with van der Waals surface area (Å²) in [5.74, 6) is 3.55. The Hall–Kier alpha value is -3.02. The Morgan fingerprint density at radius 1 is 0.893 bits per heavy atom. The molecule has 0 heterocycles. The van der Waals surface area contributed by atoms with Crippen LogP contribution in [0, 0.1) is 30.3 Å². The van der Waals surface area contributed by atoms with Crippen molar-refractivity contribution in [2.24, 2.45) is 5.90 Å². The van der Waals surface area contributed by atoms with Crippen molar-refractivity contribution < 1.29 is 39.4 Å². The number of phenolic OH excluding ortho intramolecular Hbond substituents is 1. The first-order chi connectivity index (χ1) is 13.3. The van der Waals surface area contributed by atoms with Crippen LogP contribution in [0.1, 0.15) is 0 Å². The van der Waals surface area contributed by atoms with Gasteiger partial charge in [-0.05, 0) is 0 Å². The number of ether oxygens (including phenoxy) is 2. The number of nitro benzene ring substituents is 3. The Morgan fingerprint density at radius 3 is 1.75 bits per heavy atom. The van der Waals surface area contributed by atoms with Gasteiger partial charge in [0.15, 0.2) is 0 Å². The molecule has 158 valence electrons. The molecule has 0 spiro atoms. The highest BCUT2D eigenvalue weighted by molar-refractivity contribution is 5.64. The first kappa shape index (κ1) is 25.0. The van der Waals surface area contributed by atoms with Gasteiger partial charge in [-0.3, -0.25) is 30.3 Å². The van der Waals surface area contributed by atoms with Gasteiger partial charge in [-0.2, -0.15) is 0 Å². The van der Waals surface area contributed by atoms with Gasteiger partial charge in [0.05, 0.1) is 59.9 Å². The van der Waals surface area contributed by atoms with Gasteiger partial charge in [-0.1, -0.05) is 0 Å². The maximum atomic E-state index is 10.4. The first-order valence-electron chi connectivity index (χ1n) is 7.40. The summed E-state index contributed by atoms with van der Waals surface area (Å²) in [5, 5.41) is 48.4. The van der Waals surface area contributed by atoms with Crippen molar-refractivity contribution in [3.05, 3.63) is 42.5 Å². The highest BCUT2D eigenvalue weighted by Gasteiger charge is 2.30. The maximum Gasteiger partial charge on any atom is 0.324 e. The van der Waals surface area contributed by atoms with Gasteiger partial charge in [-0.15, -0.1) is 0 Å². The van der Waals surface area contributed by atoms with E-state index in [1.165, 1.54) is 0 Å². The number of hydroxylamine groups is 1. The molecule has 0 saturated heterocycles. The maximum absolute atomic E-state index is 10.4. The summed E-state index contributed by atoms with van der Waals surface area (Å²) in [7, 11) is 0. The minimum absolute atomic E-state index is 0.387. The fourth-order valence-corrected chi connectivity index (χ4v) is 1.52. The van der Waals surface area contributed by atoms with Gasteiger partial charge in [0.1, 0.15) is 0 Å². The number of phenols is 1. The van der Waals surface area contributed by atoms with E-state index in [2.05, 4.69) is 4.84 Å². The van der Waals surface area contributed by atoms with Crippen molar-refractivity contribution >= 4 is 17.1 Å². The number of nitrogens with two attached hydrogens (primary N) is 1. The number of hydrogen-bond acceptors (Lipinski definition) is 13. The molecule has 0 amide bonds. The molecule has 0 aliphatic heterocycles. The Kier molecular flexibility index (Phi) is 12.6. The lowest BCUT2D eigenvalue weighted by Gasteiger charge is -2.04. The quantitative estimate of drug-likeness (QED) is 0.202. The van der Waals surface area contributed by atoms with Crippen molar-refractivity contribution in [2.75, 3.05) is 39.6 Å². The second-order valence-corrected chi connectivity index (χ2v) is 4.61. The van der Waals surface area contributed by atoms with Crippen LogP contribution in [0.25, 0.3) is 0 Å². The molecule has 0 aliphatic carbocycles. The molecule has 1 rings (SSSR count). The Morgan fingerprint density at radius 2 is 1.36 bits per heavy atom.